The molecule has 1 saturated carbocycles. The van der Waals surface area contributed by atoms with Crippen molar-refractivity contribution in [2.45, 2.75) is 51.5 Å². The Morgan fingerprint density at radius 2 is 2.08 bits per heavy atom. The summed E-state index contributed by atoms with van der Waals surface area (Å²) in [6, 6.07) is 0. The molecule has 1 aliphatic rings. The second-order valence-electron chi connectivity index (χ2n) is 4.36. The molecule has 1 N–H and O–H groups in total. The van der Waals surface area contributed by atoms with Gasteiger partial charge in [-0.1, -0.05) is 25.7 Å². The van der Waals surface area contributed by atoms with Crippen LogP contribution >= 0.6 is 0 Å². The van der Waals surface area contributed by atoms with Gasteiger partial charge in [0.2, 0.25) is 0 Å². The van der Waals surface area contributed by atoms with Gasteiger partial charge in [0.25, 0.3) is 0 Å². The largest absolute Gasteiger partial charge is 0.301 e. The van der Waals surface area contributed by atoms with Crippen LogP contribution < -0.4 is 5.32 Å². The average Bonchev–Trinajstić information content (AvgIpc) is 2.67. The predicted molar refractivity (Wildman–Crippen MR) is 57.5 cm³/mol. The van der Waals surface area contributed by atoms with E-state index in [0.29, 0.717) is 0 Å². The zero-order chi connectivity index (χ0) is 9.73. The fourth-order valence-corrected chi connectivity index (χ4v) is 1.86. The molecule has 1 heteroatoms. The minimum absolute atomic E-state index is 0.0808. The summed E-state index contributed by atoms with van der Waals surface area (Å²) in [6.45, 7) is 5.36. The molecule has 0 heterocycles. The first-order valence-electron chi connectivity index (χ1n) is 5.43. The highest BCUT2D eigenvalue weighted by Crippen LogP contribution is 2.24. The van der Waals surface area contributed by atoms with Gasteiger partial charge in [-0.25, -0.2) is 0 Å². The van der Waals surface area contributed by atoms with Crippen LogP contribution in [0.5, 0.6) is 0 Å². The van der Waals surface area contributed by atoms with Crippen molar-refractivity contribution in [2.24, 2.45) is 5.92 Å². The molecule has 0 radical (unpaired) electrons. The lowest BCUT2D eigenvalue weighted by Gasteiger charge is -2.25. The molecular weight excluding hydrogens is 158 g/mol. The minimum atomic E-state index is -0.0808. The van der Waals surface area contributed by atoms with E-state index < -0.39 is 0 Å². The Balaban J connectivity index is 2.27. The topological polar surface area (TPSA) is 12.0 Å². The van der Waals surface area contributed by atoms with Crippen LogP contribution in [0, 0.1) is 18.3 Å². The lowest BCUT2D eigenvalue weighted by molar-refractivity contribution is 0.384. The van der Waals surface area contributed by atoms with E-state index in [4.69, 9.17) is 6.42 Å². The molecular formula is C12H21N. The van der Waals surface area contributed by atoms with E-state index in [-0.39, 0.29) is 5.54 Å². The van der Waals surface area contributed by atoms with E-state index in [0.717, 1.165) is 18.9 Å². The molecule has 0 aliphatic heterocycles. The zero-order valence-corrected chi connectivity index (χ0v) is 8.90. The number of hydrogen-bond acceptors (Lipinski definition) is 1. The van der Waals surface area contributed by atoms with Crippen molar-refractivity contribution in [2.75, 3.05) is 6.54 Å². The van der Waals surface area contributed by atoms with Crippen molar-refractivity contribution in [3.8, 4) is 12.3 Å². The summed E-state index contributed by atoms with van der Waals surface area (Å²) in [7, 11) is 0. The van der Waals surface area contributed by atoms with Crippen LogP contribution in [0.25, 0.3) is 0 Å². The second-order valence-corrected chi connectivity index (χ2v) is 4.36. The molecule has 0 aromatic rings. The Morgan fingerprint density at radius 1 is 1.46 bits per heavy atom. The van der Waals surface area contributed by atoms with Gasteiger partial charge in [0.15, 0.2) is 0 Å². The SMILES string of the molecule is C#CC(C)(CC)NCC1CCCC1. The molecule has 0 aromatic heterocycles. The molecule has 74 valence electrons. The van der Waals surface area contributed by atoms with Gasteiger partial charge in [-0.05, 0) is 38.6 Å². The summed E-state index contributed by atoms with van der Waals surface area (Å²) in [5, 5.41) is 3.50. The second kappa shape index (κ2) is 4.67. The molecule has 0 saturated heterocycles. The van der Waals surface area contributed by atoms with Crippen molar-refractivity contribution in [3.05, 3.63) is 0 Å². The van der Waals surface area contributed by atoms with E-state index >= 15 is 0 Å². The highest BCUT2D eigenvalue weighted by atomic mass is 15.0. The minimum Gasteiger partial charge on any atom is -0.301 e. The summed E-state index contributed by atoms with van der Waals surface area (Å²) in [5.41, 5.74) is -0.0808. The highest BCUT2D eigenvalue weighted by Gasteiger charge is 2.21. The third-order valence-electron chi connectivity index (χ3n) is 3.28. The van der Waals surface area contributed by atoms with Crippen molar-refractivity contribution >= 4 is 0 Å². The maximum absolute atomic E-state index is 5.49. The van der Waals surface area contributed by atoms with Crippen LogP contribution in [0.1, 0.15) is 46.0 Å². The zero-order valence-electron chi connectivity index (χ0n) is 8.90. The van der Waals surface area contributed by atoms with Crippen LogP contribution in [-0.4, -0.2) is 12.1 Å². The molecule has 13 heavy (non-hydrogen) atoms. The van der Waals surface area contributed by atoms with Gasteiger partial charge in [0, 0.05) is 0 Å². The van der Waals surface area contributed by atoms with Gasteiger partial charge in [-0.3, -0.25) is 0 Å². The summed E-state index contributed by atoms with van der Waals surface area (Å²) in [4.78, 5) is 0. The standard InChI is InChI=1S/C12H21N/c1-4-12(3,5-2)13-10-11-8-6-7-9-11/h1,11,13H,5-10H2,2-3H3. The van der Waals surface area contributed by atoms with Crippen LogP contribution in [-0.2, 0) is 0 Å². The molecule has 1 atom stereocenters. The van der Waals surface area contributed by atoms with Crippen molar-refractivity contribution < 1.29 is 0 Å². The van der Waals surface area contributed by atoms with Gasteiger partial charge in [-0.15, -0.1) is 6.42 Å². The van der Waals surface area contributed by atoms with Crippen molar-refractivity contribution in [1.29, 1.82) is 0 Å². The lowest BCUT2D eigenvalue weighted by Crippen LogP contribution is -2.42. The molecule has 1 nitrogen and oxygen atoms in total. The lowest BCUT2D eigenvalue weighted by atomic mass is 9.98. The van der Waals surface area contributed by atoms with E-state index in [1.807, 2.05) is 0 Å². The van der Waals surface area contributed by atoms with Gasteiger partial charge in [0.05, 0.1) is 5.54 Å². The number of rotatable bonds is 4. The number of terminal acetylenes is 1. The fourth-order valence-electron chi connectivity index (χ4n) is 1.86. The summed E-state index contributed by atoms with van der Waals surface area (Å²) >= 11 is 0. The quantitative estimate of drug-likeness (QED) is 0.654. The van der Waals surface area contributed by atoms with E-state index in [1.54, 1.807) is 0 Å². The molecule has 0 spiro atoms. The first kappa shape index (κ1) is 10.6. The van der Waals surface area contributed by atoms with Gasteiger partial charge >= 0.3 is 0 Å². The fraction of sp³-hybridized carbons (Fsp3) is 0.833. The van der Waals surface area contributed by atoms with Crippen LogP contribution in [0.4, 0.5) is 0 Å². The van der Waals surface area contributed by atoms with E-state index in [9.17, 15) is 0 Å². The monoisotopic (exact) mass is 179 g/mol. The number of hydrogen-bond donors (Lipinski definition) is 1. The Labute approximate surface area is 82.3 Å². The molecule has 0 bridgehead atoms. The first-order valence-corrected chi connectivity index (χ1v) is 5.43. The Morgan fingerprint density at radius 3 is 2.54 bits per heavy atom. The average molecular weight is 179 g/mol. The smallest absolute Gasteiger partial charge is 0.0767 e. The molecule has 1 aliphatic carbocycles. The molecule has 1 unspecified atom stereocenters. The van der Waals surface area contributed by atoms with Gasteiger partial charge < -0.3 is 5.32 Å². The highest BCUT2D eigenvalue weighted by molar-refractivity contribution is 5.09. The first-order chi connectivity index (χ1) is 6.20. The van der Waals surface area contributed by atoms with Gasteiger partial charge in [-0.2, -0.15) is 0 Å². The van der Waals surface area contributed by atoms with Crippen LogP contribution in [0.2, 0.25) is 0 Å². The normalized spacial score (nSPS) is 22.5. The Kier molecular flexibility index (Phi) is 3.81. The third kappa shape index (κ3) is 3.04. The number of nitrogens with one attached hydrogen (secondary N) is 1. The Hall–Kier alpha value is -0.480. The van der Waals surface area contributed by atoms with Crippen molar-refractivity contribution in [3.63, 3.8) is 0 Å². The van der Waals surface area contributed by atoms with E-state index in [2.05, 4.69) is 25.1 Å². The van der Waals surface area contributed by atoms with Crippen LogP contribution in [0.3, 0.4) is 0 Å². The summed E-state index contributed by atoms with van der Waals surface area (Å²) in [5.74, 6) is 3.72. The third-order valence-corrected chi connectivity index (χ3v) is 3.28. The molecule has 1 rings (SSSR count). The Bertz CT molecular complexity index is 186. The maximum Gasteiger partial charge on any atom is 0.0767 e. The predicted octanol–water partition coefficient (Wildman–Crippen LogP) is 2.57. The maximum atomic E-state index is 5.49. The van der Waals surface area contributed by atoms with E-state index in [1.165, 1.54) is 25.7 Å². The summed E-state index contributed by atoms with van der Waals surface area (Å²) in [6.07, 6.45) is 12.1. The van der Waals surface area contributed by atoms with Crippen LogP contribution in [0.15, 0.2) is 0 Å². The molecule has 0 amide bonds. The van der Waals surface area contributed by atoms with Gasteiger partial charge in [0.1, 0.15) is 0 Å². The molecule has 1 fully saturated rings. The van der Waals surface area contributed by atoms with Crippen molar-refractivity contribution in [1.82, 2.24) is 5.32 Å². The molecule has 0 aromatic carbocycles. The summed E-state index contributed by atoms with van der Waals surface area (Å²) < 4.78 is 0.